The Labute approximate surface area is 149 Å². The van der Waals surface area contributed by atoms with Crippen LogP contribution in [0.25, 0.3) is 10.9 Å². The normalized spacial score (nSPS) is 11.6. The van der Waals surface area contributed by atoms with Crippen molar-refractivity contribution in [3.05, 3.63) is 46.2 Å². The molecule has 1 aromatic heterocycles. The summed E-state index contributed by atoms with van der Waals surface area (Å²) in [5.74, 6) is 0.213. The van der Waals surface area contributed by atoms with Crippen molar-refractivity contribution in [3.8, 4) is 12.1 Å². The van der Waals surface area contributed by atoms with Crippen LogP contribution in [0.5, 0.6) is 0 Å². The molecule has 0 bridgehead atoms. The van der Waals surface area contributed by atoms with Crippen molar-refractivity contribution in [2.24, 2.45) is 5.92 Å². The average molecular weight is 359 g/mol. The highest BCUT2D eigenvalue weighted by Gasteiger charge is 2.14. The molecule has 5 nitrogen and oxygen atoms in total. The molecule has 1 aromatic carbocycles. The molecular formula is C17H15ClN4OS. The van der Waals surface area contributed by atoms with Gasteiger partial charge in [0.25, 0.3) is 5.56 Å². The predicted octanol–water partition coefficient (Wildman–Crippen LogP) is 3.77. The Morgan fingerprint density at radius 1 is 1.46 bits per heavy atom. The molecule has 2 aromatic rings. The molecule has 1 heterocycles. The first-order chi connectivity index (χ1) is 11.6. The Morgan fingerprint density at radius 2 is 2.25 bits per heavy atom. The Morgan fingerprint density at radius 3 is 2.92 bits per heavy atom. The standard InChI is InChI=1S/C17H15ClN4OS/c1-2-8-22-16(23)14-9-13(18)5-6-15(14)21-17(22)24-11-12(10-20)4-3-7-19/h2,5-6,9,12H,1,3-4,8,11H2/t12-/m0/s1. The van der Waals surface area contributed by atoms with Crippen LogP contribution in [0.3, 0.4) is 0 Å². The molecule has 7 heteroatoms. The van der Waals surface area contributed by atoms with Gasteiger partial charge in [-0.05, 0) is 24.6 Å². The third kappa shape index (κ3) is 4.17. The van der Waals surface area contributed by atoms with Crippen LogP contribution in [0.4, 0.5) is 0 Å². The predicted molar refractivity (Wildman–Crippen MR) is 95.9 cm³/mol. The maximum atomic E-state index is 12.7. The quantitative estimate of drug-likeness (QED) is 0.427. The van der Waals surface area contributed by atoms with Crippen molar-refractivity contribution >= 4 is 34.3 Å². The van der Waals surface area contributed by atoms with Crippen LogP contribution in [-0.2, 0) is 6.54 Å². The van der Waals surface area contributed by atoms with Gasteiger partial charge in [-0.2, -0.15) is 10.5 Å². The van der Waals surface area contributed by atoms with Crippen LogP contribution in [0.1, 0.15) is 12.8 Å². The van der Waals surface area contributed by atoms with Crippen molar-refractivity contribution in [3.63, 3.8) is 0 Å². The number of nitriles is 2. The van der Waals surface area contributed by atoms with E-state index in [-0.39, 0.29) is 11.5 Å². The number of hydrogen-bond donors (Lipinski definition) is 0. The molecule has 0 aliphatic heterocycles. The molecule has 0 amide bonds. The minimum Gasteiger partial charge on any atom is -0.283 e. The lowest BCUT2D eigenvalue weighted by molar-refractivity contribution is 0.659. The van der Waals surface area contributed by atoms with E-state index in [0.29, 0.717) is 46.2 Å². The minimum atomic E-state index is -0.260. The molecule has 0 saturated heterocycles. The molecule has 0 saturated carbocycles. The van der Waals surface area contributed by atoms with Gasteiger partial charge in [0, 0.05) is 23.7 Å². The summed E-state index contributed by atoms with van der Waals surface area (Å²) in [5, 5.41) is 19.3. The molecule has 0 spiro atoms. The Bertz CT molecular complexity index is 894. The highest BCUT2D eigenvalue weighted by atomic mass is 35.5. The lowest BCUT2D eigenvalue weighted by Crippen LogP contribution is -2.23. The van der Waals surface area contributed by atoms with Crippen LogP contribution in [0.15, 0.2) is 40.8 Å². The fourth-order valence-corrected chi connectivity index (χ4v) is 3.41. The topological polar surface area (TPSA) is 82.5 Å². The summed E-state index contributed by atoms with van der Waals surface area (Å²) in [5.41, 5.74) is 0.383. The van der Waals surface area contributed by atoms with E-state index in [1.165, 1.54) is 16.3 Å². The van der Waals surface area contributed by atoms with Crippen molar-refractivity contribution in [1.29, 1.82) is 10.5 Å². The minimum absolute atomic E-state index is 0.185. The van der Waals surface area contributed by atoms with Gasteiger partial charge in [0.15, 0.2) is 5.16 Å². The molecule has 0 N–H and O–H groups in total. The van der Waals surface area contributed by atoms with E-state index in [9.17, 15) is 4.79 Å². The molecule has 0 aliphatic rings. The average Bonchev–Trinajstić information content (AvgIpc) is 2.58. The molecule has 2 rings (SSSR count). The molecule has 0 radical (unpaired) electrons. The summed E-state index contributed by atoms with van der Waals surface area (Å²) < 4.78 is 1.52. The maximum absolute atomic E-state index is 12.7. The van der Waals surface area contributed by atoms with E-state index in [2.05, 4.69) is 17.6 Å². The van der Waals surface area contributed by atoms with Gasteiger partial charge < -0.3 is 0 Å². The lowest BCUT2D eigenvalue weighted by atomic mass is 10.1. The van der Waals surface area contributed by atoms with E-state index in [1.54, 1.807) is 24.3 Å². The highest BCUT2D eigenvalue weighted by Crippen LogP contribution is 2.23. The molecule has 0 fully saturated rings. The number of thioether (sulfide) groups is 1. The number of halogens is 1. The fraction of sp³-hybridized carbons (Fsp3) is 0.294. The van der Waals surface area contributed by atoms with Gasteiger partial charge in [-0.1, -0.05) is 29.4 Å². The first-order valence-electron chi connectivity index (χ1n) is 7.31. The van der Waals surface area contributed by atoms with Crippen LogP contribution < -0.4 is 5.56 Å². The second-order valence-electron chi connectivity index (χ2n) is 5.09. The molecule has 24 heavy (non-hydrogen) atoms. The number of benzene rings is 1. The highest BCUT2D eigenvalue weighted by molar-refractivity contribution is 7.99. The van der Waals surface area contributed by atoms with Crippen LogP contribution in [-0.4, -0.2) is 15.3 Å². The fourth-order valence-electron chi connectivity index (χ4n) is 2.17. The molecule has 1 atom stereocenters. The van der Waals surface area contributed by atoms with E-state index in [0.717, 1.165) is 0 Å². The molecule has 122 valence electrons. The van der Waals surface area contributed by atoms with E-state index in [4.69, 9.17) is 22.1 Å². The Balaban J connectivity index is 2.38. The zero-order valence-electron chi connectivity index (χ0n) is 12.9. The summed E-state index contributed by atoms with van der Waals surface area (Å²) in [4.78, 5) is 17.2. The maximum Gasteiger partial charge on any atom is 0.262 e. The van der Waals surface area contributed by atoms with Gasteiger partial charge in [-0.3, -0.25) is 9.36 Å². The summed E-state index contributed by atoms with van der Waals surface area (Å²) >= 11 is 7.31. The third-order valence-electron chi connectivity index (χ3n) is 3.39. The summed E-state index contributed by atoms with van der Waals surface area (Å²) in [6, 6.07) is 9.23. The Hall–Kier alpha value is -2.28. The van der Waals surface area contributed by atoms with Crippen molar-refractivity contribution in [1.82, 2.24) is 9.55 Å². The van der Waals surface area contributed by atoms with Crippen molar-refractivity contribution in [2.75, 3.05) is 5.75 Å². The van der Waals surface area contributed by atoms with Crippen LogP contribution in [0.2, 0.25) is 5.02 Å². The number of fused-ring (bicyclic) bond motifs is 1. The van der Waals surface area contributed by atoms with Gasteiger partial charge in [0.05, 0.1) is 29.0 Å². The molecule has 0 aliphatic carbocycles. The SMILES string of the molecule is C=CCn1c(SC[C@H](C#N)CCC#N)nc2ccc(Cl)cc2c1=O. The zero-order chi connectivity index (χ0) is 17.5. The van der Waals surface area contributed by atoms with E-state index < -0.39 is 0 Å². The van der Waals surface area contributed by atoms with Gasteiger partial charge in [0.2, 0.25) is 0 Å². The monoisotopic (exact) mass is 358 g/mol. The zero-order valence-corrected chi connectivity index (χ0v) is 14.5. The third-order valence-corrected chi connectivity index (χ3v) is 4.77. The number of aromatic nitrogens is 2. The van der Waals surface area contributed by atoms with Gasteiger partial charge in [0.1, 0.15) is 0 Å². The second-order valence-corrected chi connectivity index (χ2v) is 6.52. The number of hydrogen-bond acceptors (Lipinski definition) is 5. The molecule has 0 unspecified atom stereocenters. The van der Waals surface area contributed by atoms with E-state index >= 15 is 0 Å². The van der Waals surface area contributed by atoms with Crippen LogP contribution in [0, 0.1) is 28.6 Å². The van der Waals surface area contributed by atoms with Gasteiger partial charge in [-0.25, -0.2) is 4.98 Å². The lowest BCUT2D eigenvalue weighted by Gasteiger charge is -2.13. The van der Waals surface area contributed by atoms with Crippen LogP contribution >= 0.6 is 23.4 Å². The van der Waals surface area contributed by atoms with Crippen molar-refractivity contribution in [2.45, 2.75) is 24.5 Å². The smallest absolute Gasteiger partial charge is 0.262 e. The summed E-state index contributed by atoms with van der Waals surface area (Å²) in [7, 11) is 0. The molecular weight excluding hydrogens is 344 g/mol. The number of allylic oxidation sites excluding steroid dienone is 1. The van der Waals surface area contributed by atoms with Crippen molar-refractivity contribution < 1.29 is 0 Å². The van der Waals surface area contributed by atoms with E-state index in [1.807, 2.05) is 6.07 Å². The number of nitrogens with zero attached hydrogens (tertiary/aromatic N) is 4. The Kier molecular flexibility index (Phi) is 6.43. The first kappa shape index (κ1) is 18.1. The number of rotatable bonds is 7. The van der Waals surface area contributed by atoms with Gasteiger partial charge >= 0.3 is 0 Å². The second kappa shape index (κ2) is 8.54. The first-order valence-corrected chi connectivity index (χ1v) is 8.67. The summed E-state index contributed by atoms with van der Waals surface area (Å²) in [6.07, 6.45) is 2.47. The summed E-state index contributed by atoms with van der Waals surface area (Å²) in [6.45, 7) is 4.00. The largest absolute Gasteiger partial charge is 0.283 e. The van der Waals surface area contributed by atoms with Gasteiger partial charge in [-0.15, -0.1) is 6.58 Å².